The molecule has 22 heavy (non-hydrogen) atoms. The zero-order valence-electron chi connectivity index (χ0n) is 11.2. The summed E-state index contributed by atoms with van der Waals surface area (Å²) in [5.74, 6) is -0.259. The number of carbonyl (C=O) groups is 1. The molecule has 3 aromatic rings. The maximum absolute atomic E-state index is 11.9. The van der Waals surface area contributed by atoms with Crippen LogP contribution in [0.3, 0.4) is 0 Å². The molecule has 1 aromatic heterocycles. The Bertz CT molecular complexity index is 873. The molecule has 0 saturated carbocycles. The van der Waals surface area contributed by atoms with Crippen LogP contribution in [0.1, 0.15) is 5.56 Å². The third-order valence-electron chi connectivity index (χ3n) is 2.90. The summed E-state index contributed by atoms with van der Waals surface area (Å²) >= 11 is 13.3. The van der Waals surface area contributed by atoms with E-state index in [1.54, 1.807) is 18.2 Å². The van der Waals surface area contributed by atoms with E-state index in [4.69, 9.17) is 23.2 Å². The highest BCUT2D eigenvalue weighted by Crippen LogP contribution is 2.28. The highest BCUT2D eigenvalue weighted by Gasteiger charge is 2.06. The van der Waals surface area contributed by atoms with Crippen molar-refractivity contribution in [3.63, 3.8) is 0 Å². The van der Waals surface area contributed by atoms with Gasteiger partial charge in [0.1, 0.15) is 0 Å². The Morgan fingerprint density at radius 1 is 1.18 bits per heavy atom. The summed E-state index contributed by atoms with van der Waals surface area (Å²) in [5, 5.41) is 4.51. The smallest absolute Gasteiger partial charge is 0.250 e. The van der Waals surface area contributed by atoms with Gasteiger partial charge in [0.15, 0.2) is 5.13 Å². The number of aromatic nitrogens is 1. The lowest BCUT2D eigenvalue weighted by Gasteiger charge is -1.97. The van der Waals surface area contributed by atoms with E-state index >= 15 is 0 Å². The predicted molar refractivity (Wildman–Crippen MR) is 93.7 cm³/mol. The molecule has 0 saturated heterocycles. The Kier molecular flexibility index (Phi) is 4.43. The van der Waals surface area contributed by atoms with Crippen LogP contribution in [0, 0.1) is 0 Å². The van der Waals surface area contributed by atoms with Gasteiger partial charge in [0.05, 0.1) is 10.2 Å². The monoisotopic (exact) mass is 348 g/mol. The summed E-state index contributed by atoms with van der Waals surface area (Å²) in [7, 11) is 0. The minimum absolute atomic E-state index is 0.259. The minimum atomic E-state index is -0.259. The van der Waals surface area contributed by atoms with Crippen molar-refractivity contribution >= 4 is 61.9 Å². The second-order valence-corrected chi connectivity index (χ2v) is 6.35. The fraction of sp³-hybridized carbons (Fsp3) is 0. The maximum Gasteiger partial charge on any atom is 0.250 e. The number of rotatable bonds is 3. The van der Waals surface area contributed by atoms with Crippen molar-refractivity contribution in [2.24, 2.45) is 0 Å². The van der Waals surface area contributed by atoms with Gasteiger partial charge in [-0.2, -0.15) is 0 Å². The third-order valence-corrected chi connectivity index (χ3v) is 4.41. The van der Waals surface area contributed by atoms with E-state index in [0.29, 0.717) is 15.2 Å². The van der Waals surface area contributed by atoms with Gasteiger partial charge in [-0.1, -0.05) is 52.7 Å². The van der Waals surface area contributed by atoms with Crippen LogP contribution in [-0.4, -0.2) is 10.9 Å². The molecule has 0 radical (unpaired) electrons. The molecule has 0 atom stereocenters. The first-order valence-corrected chi connectivity index (χ1v) is 7.99. The number of nitrogens with zero attached hydrogens (tertiary/aromatic N) is 1. The second kappa shape index (κ2) is 6.48. The van der Waals surface area contributed by atoms with Gasteiger partial charge in [-0.15, -0.1) is 0 Å². The highest BCUT2D eigenvalue weighted by molar-refractivity contribution is 7.22. The van der Waals surface area contributed by atoms with Gasteiger partial charge in [-0.05, 0) is 35.9 Å². The fourth-order valence-electron chi connectivity index (χ4n) is 1.87. The Morgan fingerprint density at radius 3 is 2.82 bits per heavy atom. The van der Waals surface area contributed by atoms with Gasteiger partial charge < -0.3 is 0 Å². The van der Waals surface area contributed by atoms with Crippen molar-refractivity contribution < 1.29 is 4.79 Å². The van der Waals surface area contributed by atoms with Gasteiger partial charge in [-0.25, -0.2) is 4.98 Å². The van der Waals surface area contributed by atoms with Crippen molar-refractivity contribution in [3.8, 4) is 0 Å². The van der Waals surface area contributed by atoms with Gasteiger partial charge in [-0.3, -0.25) is 10.1 Å². The number of thiazole rings is 1. The van der Waals surface area contributed by atoms with Crippen LogP contribution in [0.25, 0.3) is 16.3 Å². The Morgan fingerprint density at radius 2 is 2.00 bits per heavy atom. The van der Waals surface area contributed by atoms with E-state index < -0.39 is 0 Å². The maximum atomic E-state index is 11.9. The number of hydrogen-bond donors (Lipinski definition) is 1. The highest BCUT2D eigenvalue weighted by atomic mass is 35.5. The van der Waals surface area contributed by atoms with E-state index in [1.807, 2.05) is 30.3 Å². The number of fused-ring (bicyclic) bond motifs is 1. The molecule has 110 valence electrons. The van der Waals surface area contributed by atoms with Crippen LogP contribution in [-0.2, 0) is 4.79 Å². The molecule has 1 amide bonds. The number of hydrogen-bond acceptors (Lipinski definition) is 3. The summed E-state index contributed by atoms with van der Waals surface area (Å²) in [4.78, 5) is 16.3. The first-order chi connectivity index (χ1) is 10.6. The minimum Gasteiger partial charge on any atom is -0.298 e. The topological polar surface area (TPSA) is 42.0 Å². The van der Waals surface area contributed by atoms with Crippen LogP contribution in [0.4, 0.5) is 5.13 Å². The molecule has 1 heterocycles. The molecule has 0 spiro atoms. The zero-order chi connectivity index (χ0) is 15.5. The van der Waals surface area contributed by atoms with Gasteiger partial charge >= 0.3 is 0 Å². The Balaban J connectivity index is 1.74. The number of anilines is 1. The molecule has 0 unspecified atom stereocenters. The van der Waals surface area contributed by atoms with E-state index in [0.717, 1.165) is 15.8 Å². The lowest BCUT2D eigenvalue weighted by molar-refractivity contribution is -0.111. The molecule has 0 aliphatic rings. The molecule has 0 aliphatic carbocycles. The van der Waals surface area contributed by atoms with Crippen molar-refractivity contribution in [3.05, 3.63) is 64.1 Å². The lowest BCUT2D eigenvalue weighted by Crippen LogP contribution is -2.07. The summed E-state index contributed by atoms with van der Waals surface area (Å²) in [5.41, 5.74) is 1.59. The summed E-state index contributed by atoms with van der Waals surface area (Å²) < 4.78 is 0.929. The lowest BCUT2D eigenvalue weighted by atomic mass is 10.2. The standard InChI is InChI=1S/C16H10Cl2N2OS/c17-11-6-7-13-14(9-11)22-16(19-13)20-15(21)8-5-10-3-1-2-4-12(10)18/h1-9H,(H,19,20,21). The third kappa shape index (κ3) is 3.47. The van der Waals surface area contributed by atoms with Crippen molar-refractivity contribution in [1.82, 2.24) is 4.98 Å². The van der Waals surface area contributed by atoms with Crippen molar-refractivity contribution in [2.45, 2.75) is 0 Å². The first kappa shape index (κ1) is 15.0. The number of halogens is 2. The van der Waals surface area contributed by atoms with E-state index in [-0.39, 0.29) is 5.91 Å². The first-order valence-electron chi connectivity index (χ1n) is 6.41. The number of nitrogens with one attached hydrogen (secondary N) is 1. The van der Waals surface area contributed by atoms with Gasteiger partial charge in [0.2, 0.25) is 5.91 Å². The summed E-state index contributed by atoms with van der Waals surface area (Å²) in [6.45, 7) is 0. The van der Waals surface area contributed by atoms with Crippen LogP contribution >= 0.6 is 34.5 Å². The molecule has 1 N–H and O–H groups in total. The molecular formula is C16H10Cl2N2OS. The molecule has 6 heteroatoms. The number of amides is 1. The molecule has 2 aromatic carbocycles. The average Bonchev–Trinajstić information content (AvgIpc) is 2.87. The summed E-state index contributed by atoms with van der Waals surface area (Å²) in [6, 6.07) is 12.7. The molecule has 0 bridgehead atoms. The van der Waals surface area contributed by atoms with Crippen LogP contribution in [0.5, 0.6) is 0 Å². The molecular weight excluding hydrogens is 339 g/mol. The molecule has 3 nitrogen and oxygen atoms in total. The normalized spacial score (nSPS) is 11.2. The van der Waals surface area contributed by atoms with Crippen molar-refractivity contribution in [2.75, 3.05) is 5.32 Å². The average molecular weight is 349 g/mol. The molecule has 3 rings (SSSR count). The predicted octanol–water partition coefficient (Wildman–Crippen LogP) is 5.26. The van der Waals surface area contributed by atoms with Crippen LogP contribution in [0.2, 0.25) is 10.0 Å². The summed E-state index contributed by atoms with van der Waals surface area (Å²) in [6.07, 6.45) is 3.10. The van der Waals surface area contributed by atoms with Gasteiger partial charge in [0, 0.05) is 16.1 Å². The van der Waals surface area contributed by atoms with Crippen LogP contribution in [0.15, 0.2) is 48.5 Å². The SMILES string of the molecule is O=C(C=Cc1ccccc1Cl)Nc1nc2ccc(Cl)cc2s1. The fourth-order valence-corrected chi connectivity index (χ4v) is 3.22. The quantitative estimate of drug-likeness (QED) is 0.656. The van der Waals surface area contributed by atoms with Crippen molar-refractivity contribution in [1.29, 1.82) is 0 Å². The number of carbonyl (C=O) groups excluding carboxylic acids is 1. The second-order valence-electron chi connectivity index (χ2n) is 4.48. The largest absolute Gasteiger partial charge is 0.298 e. The number of benzene rings is 2. The molecule has 0 aliphatic heterocycles. The van der Waals surface area contributed by atoms with E-state index in [1.165, 1.54) is 17.4 Å². The molecule has 0 fully saturated rings. The van der Waals surface area contributed by atoms with E-state index in [9.17, 15) is 4.79 Å². The Labute approximate surface area is 141 Å². The van der Waals surface area contributed by atoms with E-state index in [2.05, 4.69) is 10.3 Å². The van der Waals surface area contributed by atoms with Gasteiger partial charge in [0.25, 0.3) is 0 Å². The van der Waals surface area contributed by atoms with Crippen LogP contribution < -0.4 is 5.32 Å². The Hall–Kier alpha value is -1.88. The zero-order valence-corrected chi connectivity index (χ0v) is 13.5.